The van der Waals surface area contributed by atoms with E-state index in [1.807, 2.05) is 68.4 Å². The first-order chi connectivity index (χ1) is 15.4. The highest BCUT2D eigenvalue weighted by molar-refractivity contribution is 5.92. The fourth-order valence-electron chi connectivity index (χ4n) is 3.63. The molecule has 8 nitrogen and oxygen atoms in total. The Morgan fingerprint density at radius 2 is 1.81 bits per heavy atom. The molecule has 4 rings (SSSR count). The van der Waals surface area contributed by atoms with Crippen LogP contribution in [0.2, 0.25) is 0 Å². The Balaban J connectivity index is 1.56. The lowest BCUT2D eigenvalue weighted by molar-refractivity contribution is 0.0652. The Labute approximate surface area is 187 Å². The summed E-state index contributed by atoms with van der Waals surface area (Å²) in [4.78, 5) is 17.2. The maximum Gasteiger partial charge on any atom is 0.355 e. The number of pyridine rings is 1. The smallest absolute Gasteiger partial charge is 0.355 e. The predicted octanol–water partition coefficient (Wildman–Crippen LogP) is 4.09. The third kappa shape index (κ3) is 4.10. The van der Waals surface area contributed by atoms with Crippen LogP contribution in [0.4, 0.5) is 10.5 Å². The van der Waals surface area contributed by atoms with Crippen molar-refractivity contribution in [1.82, 2.24) is 20.6 Å². The summed E-state index contributed by atoms with van der Waals surface area (Å²) in [5, 5.41) is 4.63. The molecular weight excluding hydrogens is 406 g/mol. The van der Waals surface area contributed by atoms with Crippen LogP contribution in [0.1, 0.15) is 16.8 Å². The highest BCUT2D eigenvalue weighted by Gasteiger charge is 2.33. The van der Waals surface area contributed by atoms with E-state index in [2.05, 4.69) is 10.5 Å². The molecule has 1 aliphatic rings. The number of benzene rings is 2. The lowest BCUT2D eigenvalue weighted by atomic mass is 10.0. The Hall–Kier alpha value is -3.62. The largest absolute Gasteiger partial charge is 0.497 e. The van der Waals surface area contributed by atoms with Gasteiger partial charge in [-0.2, -0.15) is 0 Å². The van der Waals surface area contributed by atoms with Gasteiger partial charge < -0.3 is 9.47 Å². The summed E-state index contributed by atoms with van der Waals surface area (Å²) in [5.41, 5.74) is 8.64. The molecule has 0 aliphatic carbocycles. The standard InChI is InChI=1S/C24H27N5O3/c1-16-8-6-11-22(29-24(30)27(3)28(4)26-29)21(16)15-32-23-13-12-20(17(2)25-23)18-9-7-10-19(14-18)31-5/h6-14,26H,15H2,1-5H3. The van der Waals surface area contributed by atoms with Crippen LogP contribution < -0.4 is 20.0 Å². The van der Waals surface area contributed by atoms with Crippen LogP contribution in [0.15, 0.2) is 54.6 Å². The molecule has 2 heterocycles. The molecule has 1 aromatic heterocycles. The number of carbonyl (C=O) groups is 1. The monoisotopic (exact) mass is 433 g/mol. The average Bonchev–Trinajstić information content (AvgIpc) is 3.05. The van der Waals surface area contributed by atoms with E-state index in [0.717, 1.165) is 39.4 Å². The molecule has 0 unspecified atom stereocenters. The zero-order valence-electron chi connectivity index (χ0n) is 18.9. The number of methoxy groups -OCH3 is 1. The van der Waals surface area contributed by atoms with Crippen molar-refractivity contribution in [2.45, 2.75) is 20.5 Å². The number of nitrogens with zero attached hydrogens (tertiary/aromatic N) is 4. The Morgan fingerprint density at radius 3 is 2.50 bits per heavy atom. The highest BCUT2D eigenvalue weighted by atomic mass is 16.5. The Kier molecular flexibility index (Phi) is 5.98. The van der Waals surface area contributed by atoms with Gasteiger partial charge in [-0.15, -0.1) is 10.7 Å². The second kappa shape index (κ2) is 8.86. The molecule has 0 spiro atoms. The van der Waals surface area contributed by atoms with Crippen molar-refractivity contribution >= 4 is 11.7 Å². The molecular formula is C24H27N5O3. The van der Waals surface area contributed by atoms with Gasteiger partial charge in [0.25, 0.3) is 0 Å². The number of hydrogen-bond acceptors (Lipinski definition) is 6. The number of aryl methyl sites for hydroxylation is 2. The van der Waals surface area contributed by atoms with Gasteiger partial charge >= 0.3 is 6.03 Å². The zero-order valence-corrected chi connectivity index (χ0v) is 18.9. The normalized spacial score (nSPS) is 14.2. The van der Waals surface area contributed by atoms with Gasteiger partial charge in [0.2, 0.25) is 5.88 Å². The number of hydrogen-bond donors (Lipinski definition) is 1. The molecule has 0 saturated carbocycles. The van der Waals surface area contributed by atoms with Crippen LogP contribution in [0.5, 0.6) is 11.6 Å². The van der Waals surface area contributed by atoms with Gasteiger partial charge in [0.05, 0.1) is 12.8 Å². The van der Waals surface area contributed by atoms with E-state index in [0.29, 0.717) is 5.88 Å². The molecule has 1 saturated heterocycles. The number of hydrazine groups is 3. The molecule has 0 atom stereocenters. The van der Waals surface area contributed by atoms with Gasteiger partial charge in [-0.05, 0) is 49.2 Å². The molecule has 2 amide bonds. The van der Waals surface area contributed by atoms with Gasteiger partial charge in [-0.3, -0.25) is 0 Å². The Bertz CT molecular complexity index is 1150. The number of amides is 2. The first-order valence-electron chi connectivity index (χ1n) is 10.3. The van der Waals surface area contributed by atoms with Crippen molar-refractivity contribution in [1.29, 1.82) is 0 Å². The molecule has 8 heteroatoms. The lowest BCUT2D eigenvalue weighted by Crippen LogP contribution is -2.39. The average molecular weight is 434 g/mol. The summed E-state index contributed by atoms with van der Waals surface area (Å²) in [6.45, 7) is 4.24. The third-order valence-electron chi connectivity index (χ3n) is 5.59. The first kappa shape index (κ1) is 21.6. The van der Waals surface area contributed by atoms with Crippen molar-refractivity contribution in [3.8, 4) is 22.8 Å². The van der Waals surface area contributed by atoms with Crippen molar-refractivity contribution in [3.05, 3.63) is 71.4 Å². The lowest BCUT2D eigenvalue weighted by Gasteiger charge is -2.20. The van der Waals surface area contributed by atoms with Crippen LogP contribution in [-0.2, 0) is 6.61 Å². The van der Waals surface area contributed by atoms with Crippen LogP contribution in [-0.4, -0.2) is 42.3 Å². The number of urea groups is 1. The topological polar surface area (TPSA) is 70.2 Å². The van der Waals surface area contributed by atoms with Crippen LogP contribution in [0.25, 0.3) is 11.1 Å². The summed E-state index contributed by atoms with van der Waals surface area (Å²) in [5.74, 6) is 1.33. The van der Waals surface area contributed by atoms with E-state index in [9.17, 15) is 4.79 Å². The van der Waals surface area contributed by atoms with Crippen molar-refractivity contribution < 1.29 is 14.3 Å². The second-order valence-electron chi connectivity index (χ2n) is 7.64. The summed E-state index contributed by atoms with van der Waals surface area (Å²) >= 11 is 0. The summed E-state index contributed by atoms with van der Waals surface area (Å²) < 4.78 is 11.4. The molecule has 0 radical (unpaired) electrons. The van der Waals surface area contributed by atoms with Crippen molar-refractivity contribution in [2.24, 2.45) is 0 Å². The van der Waals surface area contributed by atoms with E-state index in [4.69, 9.17) is 9.47 Å². The molecule has 2 aromatic carbocycles. The van der Waals surface area contributed by atoms with Gasteiger partial charge in [0, 0.05) is 37.0 Å². The molecule has 1 aliphatic heterocycles. The molecule has 0 bridgehead atoms. The van der Waals surface area contributed by atoms with Gasteiger partial charge in [0.1, 0.15) is 12.4 Å². The highest BCUT2D eigenvalue weighted by Crippen LogP contribution is 2.29. The van der Waals surface area contributed by atoms with Gasteiger partial charge in [0.15, 0.2) is 0 Å². The molecule has 1 N–H and O–H groups in total. The van der Waals surface area contributed by atoms with Crippen molar-refractivity contribution in [2.75, 3.05) is 26.2 Å². The number of aromatic nitrogens is 1. The van der Waals surface area contributed by atoms with Crippen LogP contribution >= 0.6 is 0 Å². The predicted molar refractivity (Wildman–Crippen MR) is 123 cm³/mol. The number of anilines is 1. The maximum absolute atomic E-state index is 12.6. The molecule has 1 fully saturated rings. The van der Waals surface area contributed by atoms with E-state index >= 15 is 0 Å². The molecule has 32 heavy (non-hydrogen) atoms. The van der Waals surface area contributed by atoms with E-state index in [1.165, 1.54) is 10.0 Å². The van der Waals surface area contributed by atoms with Crippen LogP contribution in [0, 0.1) is 13.8 Å². The van der Waals surface area contributed by atoms with E-state index < -0.39 is 0 Å². The zero-order chi connectivity index (χ0) is 22.8. The minimum atomic E-state index is -0.170. The van der Waals surface area contributed by atoms with Crippen molar-refractivity contribution in [3.63, 3.8) is 0 Å². The second-order valence-corrected chi connectivity index (χ2v) is 7.64. The quantitative estimate of drug-likeness (QED) is 0.631. The van der Waals surface area contributed by atoms with Gasteiger partial charge in [-0.1, -0.05) is 24.3 Å². The number of nitrogens with one attached hydrogen (secondary N) is 1. The maximum atomic E-state index is 12.6. The first-order valence-corrected chi connectivity index (χ1v) is 10.3. The Morgan fingerprint density at radius 1 is 1.03 bits per heavy atom. The third-order valence-corrected chi connectivity index (χ3v) is 5.59. The summed E-state index contributed by atoms with van der Waals surface area (Å²) in [6.07, 6.45) is 0. The fourth-order valence-corrected chi connectivity index (χ4v) is 3.63. The molecule has 3 aromatic rings. The SMILES string of the molecule is COc1cccc(-c2ccc(OCc3c(C)cccc3N3NN(C)N(C)C3=O)nc2C)c1. The van der Waals surface area contributed by atoms with E-state index in [1.54, 1.807) is 26.3 Å². The number of rotatable bonds is 6. The fraction of sp³-hybridized carbons (Fsp3) is 0.250. The minimum absolute atomic E-state index is 0.170. The summed E-state index contributed by atoms with van der Waals surface area (Å²) in [7, 11) is 5.14. The summed E-state index contributed by atoms with van der Waals surface area (Å²) in [6, 6.07) is 17.4. The number of ether oxygens (including phenoxy) is 2. The van der Waals surface area contributed by atoms with Gasteiger partial charge in [-0.25, -0.2) is 19.8 Å². The molecule has 166 valence electrons. The van der Waals surface area contributed by atoms with E-state index in [-0.39, 0.29) is 12.6 Å². The van der Waals surface area contributed by atoms with Crippen LogP contribution in [0.3, 0.4) is 0 Å². The minimum Gasteiger partial charge on any atom is -0.497 e. The number of carbonyl (C=O) groups excluding carboxylic acids is 1.